The quantitative estimate of drug-likeness (QED) is 0.721. The van der Waals surface area contributed by atoms with Gasteiger partial charge in [0.25, 0.3) is 5.91 Å². The van der Waals surface area contributed by atoms with Gasteiger partial charge in [-0.25, -0.2) is 5.01 Å². The Labute approximate surface area is 155 Å². The van der Waals surface area contributed by atoms with Gasteiger partial charge in [0.1, 0.15) is 10.9 Å². The molecule has 1 aliphatic rings. The third-order valence-corrected chi connectivity index (χ3v) is 5.38. The van der Waals surface area contributed by atoms with E-state index in [0.29, 0.717) is 26.7 Å². The van der Waals surface area contributed by atoms with E-state index in [1.807, 2.05) is 12.3 Å². The highest BCUT2D eigenvalue weighted by Crippen LogP contribution is 2.25. The molecule has 0 saturated carbocycles. The fourth-order valence-electron chi connectivity index (χ4n) is 2.11. The van der Waals surface area contributed by atoms with Crippen molar-refractivity contribution in [1.29, 1.82) is 0 Å². The molecule has 0 spiro atoms. The van der Waals surface area contributed by atoms with Gasteiger partial charge < -0.3 is 4.90 Å². The van der Waals surface area contributed by atoms with Gasteiger partial charge in [-0.3, -0.25) is 4.79 Å². The summed E-state index contributed by atoms with van der Waals surface area (Å²) in [5, 5.41) is 6.95. The molecule has 0 saturated heterocycles. The Morgan fingerprint density at radius 1 is 1.39 bits per heavy atom. The fourth-order valence-corrected chi connectivity index (χ4v) is 2.93. The molecule has 23 heavy (non-hydrogen) atoms. The zero-order valence-corrected chi connectivity index (χ0v) is 16.0. The van der Waals surface area contributed by atoms with Crippen molar-refractivity contribution >= 4 is 63.2 Å². The molecule has 124 valence electrons. The zero-order chi connectivity index (χ0) is 17.0. The van der Waals surface area contributed by atoms with Crippen molar-refractivity contribution in [2.45, 2.75) is 19.8 Å². The van der Waals surface area contributed by atoms with Crippen LogP contribution >= 0.6 is 47.2 Å². The predicted octanol–water partition coefficient (Wildman–Crippen LogP) is 4.25. The molecule has 8 heteroatoms. The number of hydrogen-bond donors (Lipinski definition) is 0. The maximum absolute atomic E-state index is 12.3. The number of rotatable bonds is 4. The number of thiocarbonyl (C=S) groups is 1. The van der Waals surface area contributed by atoms with E-state index in [4.69, 9.17) is 35.4 Å². The molecule has 1 aliphatic heterocycles. The first kappa shape index (κ1) is 18.5. The first-order chi connectivity index (χ1) is 11.0. The second-order valence-corrected chi connectivity index (χ2v) is 7.23. The molecule has 0 aromatic heterocycles. The molecule has 0 bridgehead atoms. The number of unbranched alkanes of at least 4 members (excludes halogenated alkanes) is 1. The Hall–Kier alpha value is -0.820. The van der Waals surface area contributed by atoms with Crippen LogP contribution in [0.15, 0.2) is 23.3 Å². The third-order valence-electron chi connectivity index (χ3n) is 3.35. The van der Waals surface area contributed by atoms with Crippen LogP contribution in [0.1, 0.15) is 25.3 Å². The number of hydrogen-bond acceptors (Lipinski definition) is 4. The summed E-state index contributed by atoms with van der Waals surface area (Å²) in [6.45, 7) is 2.86. The highest BCUT2D eigenvalue weighted by molar-refractivity contribution is 8.22. The smallest absolute Gasteiger partial charge is 0.262 e. The molecule has 0 N–H and O–H groups in total. The van der Waals surface area contributed by atoms with Crippen molar-refractivity contribution in [2.75, 3.05) is 19.3 Å². The van der Waals surface area contributed by atoms with Crippen LogP contribution < -0.4 is 0 Å². The van der Waals surface area contributed by atoms with Crippen LogP contribution in [0.2, 0.25) is 10.0 Å². The van der Waals surface area contributed by atoms with Crippen LogP contribution in [0.25, 0.3) is 0 Å². The molecule has 0 atom stereocenters. The highest BCUT2D eigenvalue weighted by Gasteiger charge is 2.29. The Kier molecular flexibility index (Phi) is 6.71. The number of thioether (sulfide) groups is 1. The molecule has 1 amide bonds. The molecular weight excluding hydrogens is 373 g/mol. The SMILES string of the molecule is CCCCN1N=C(c2ccc(Cl)c(Cl)c2)N(C(=S)SC)CC1=O. The van der Waals surface area contributed by atoms with E-state index in [2.05, 4.69) is 12.0 Å². The fraction of sp³-hybridized carbons (Fsp3) is 0.400. The Bertz CT molecular complexity index is 652. The van der Waals surface area contributed by atoms with Crippen molar-refractivity contribution in [3.63, 3.8) is 0 Å². The van der Waals surface area contributed by atoms with Crippen molar-refractivity contribution < 1.29 is 4.79 Å². The predicted molar refractivity (Wildman–Crippen MR) is 102 cm³/mol. The first-order valence-electron chi connectivity index (χ1n) is 7.17. The van der Waals surface area contributed by atoms with Gasteiger partial charge in [0, 0.05) is 12.1 Å². The van der Waals surface area contributed by atoms with Crippen LogP contribution in [0.3, 0.4) is 0 Å². The topological polar surface area (TPSA) is 35.9 Å². The monoisotopic (exact) mass is 389 g/mol. The van der Waals surface area contributed by atoms with Gasteiger partial charge in [-0.05, 0) is 30.9 Å². The van der Waals surface area contributed by atoms with E-state index < -0.39 is 0 Å². The number of benzene rings is 1. The third kappa shape index (κ3) is 4.38. The van der Waals surface area contributed by atoms with Gasteiger partial charge >= 0.3 is 0 Å². The standard InChI is InChI=1S/C15H17Cl2N3OS2/c1-3-4-7-20-13(21)9-19(15(22)23-2)14(18-20)10-5-6-11(16)12(17)8-10/h5-6,8H,3-4,7,9H2,1-2H3. The summed E-state index contributed by atoms with van der Waals surface area (Å²) in [6.07, 6.45) is 3.77. The van der Waals surface area contributed by atoms with Crippen molar-refractivity contribution in [3.05, 3.63) is 33.8 Å². The number of halogens is 2. The average molecular weight is 390 g/mol. The largest absolute Gasteiger partial charge is 0.300 e. The second-order valence-electron chi connectivity index (χ2n) is 4.98. The molecule has 0 fully saturated rings. The lowest BCUT2D eigenvalue weighted by Crippen LogP contribution is -2.49. The van der Waals surface area contributed by atoms with Gasteiger partial charge in [-0.2, -0.15) is 5.10 Å². The minimum absolute atomic E-state index is 0.0568. The van der Waals surface area contributed by atoms with Crippen LogP contribution in [0.5, 0.6) is 0 Å². The molecule has 2 rings (SSSR count). The van der Waals surface area contributed by atoms with Crippen molar-refractivity contribution in [1.82, 2.24) is 9.91 Å². The van der Waals surface area contributed by atoms with Gasteiger partial charge in [0.05, 0.1) is 10.0 Å². The van der Waals surface area contributed by atoms with E-state index >= 15 is 0 Å². The number of nitrogens with zero attached hydrogens (tertiary/aromatic N) is 3. The maximum atomic E-state index is 12.3. The summed E-state index contributed by atoms with van der Waals surface area (Å²) in [4.78, 5) is 14.0. The summed E-state index contributed by atoms with van der Waals surface area (Å²) in [5.41, 5.74) is 0.782. The molecule has 1 heterocycles. The number of carbonyl (C=O) groups excluding carboxylic acids is 1. The normalized spacial score (nSPS) is 15.0. The molecule has 1 aromatic carbocycles. The Morgan fingerprint density at radius 2 is 2.13 bits per heavy atom. The number of hydrazone groups is 1. The minimum Gasteiger partial charge on any atom is -0.300 e. The lowest BCUT2D eigenvalue weighted by molar-refractivity contribution is -0.132. The van der Waals surface area contributed by atoms with E-state index in [0.717, 1.165) is 18.4 Å². The highest BCUT2D eigenvalue weighted by atomic mass is 35.5. The van der Waals surface area contributed by atoms with Gasteiger partial charge in [-0.1, -0.05) is 60.5 Å². The van der Waals surface area contributed by atoms with Crippen LogP contribution in [0, 0.1) is 0 Å². The van der Waals surface area contributed by atoms with Crippen LogP contribution in [0.4, 0.5) is 0 Å². The van der Waals surface area contributed by atoms with E-state index in [1.165, 1.54) is 16.8 Å². The molecule has 4 nitrogen and oxygen atoms in total. The van der Waals surface area contributed by atoms with Gasteiger partial charge in [0.15, 0.2) is 5.84 Å². The molecule has 1 aromatic rings. The zero-order valence-electron chi connectivity index (χ0n) is 12.9. The number of amides is 1. The molecular formula is C15H17Cl2N3OS2. The average Bonchev–Trinajstić information content (AvgIpc) is 2.55. The summed E-state index contributed by atoms with van der Waals surface area (Å²) in [6, 6.07) is 5.29. The summed E-state index contributed by atoms with van der Waals surface area (Å²) in [5.74, 6) is 0.567. The maximum Gasteiger partial charge on any atom is 0.262 e. The van der Waals surface area contributed by atoms with E-state index in [-0.39, 0.29) is 12.5 Å². The van der Waals surface area contributed by atoms with Crippen molar-refractivity contribution in [3.8, 4) is 0 Å². The summed E-state index contributed by atoms with van der Waals surface area (Å²) < 4.78 is 0.596. The van der Waals surface area contributed by atoms with Crippen molar-refractivity contribution in [2.24, 2.45) is 5.10 Å². The second kappa shape index (κ2) is 8.33. The Morgan fingerprint density at radius 3 is 2.74 bits per heavy atom. The van der Waals surface area contributed by atoms with Gasteiger partial charge in [0.2, 0.25) is 0 Å². The van der Waals surface area contributed by atoms with E-state index in [1.54, 1.807) is 17.0 Å². The number of amidine groups is 1. The summed E-state index contributed by atoms with van der Waals surface area (Å²) in [7, 11) is 0. The Balaban J connectivity index is 2.43. The molecule has 0 aliphatic carbocycles. The number of carbonyl (C=O) groups is 1. The van der Waals surface area contributed by atoms with E-state index in [9.17, 15) is 4.79 Å². The lowest BCUT2D eigenvalue weighted by Gasteiger charge is -2.33. The minimum atomic E-state index is -0.0568. The van der Waals surface area contributed by atoms with Crippen LogP contribution in [-0.2, 0) is 4.79 Å². The first-order valence-corrected chi connectivity index (χ1v) is 9.56. The molecule has 0 radical (unpaired) electrons. The van der Waals surface area contributed by atoms with Crippen LogP contribution in [-0.4, -0.2) is 45.3 Å². The van der Waals surface area contributed by atoms with Gasteiger partial charge in [-0.15, -0.1) is 0 Å². The lowest BCUT2D eigenvalue weighted by atomic mass is 10.2. The molecule has 0 unspecified atom stereocenters. The summed E-state index contributed by atoms with van der Waals surface area (Å²) >= 11 is 18.9.